The molecule has 1 aromatic rings. The van der Waals surface area contributed by atoms with Crippen molar-refractivity contribution in [1.29, 1.82) is 0 Å². The maximum absolute atomic E-state index is 11.7. The monoisotopic (exact) mass is 206 g/mol. The number of nitrogens with zero attached hydrogens (tertiary/aromatic N) is 1. The highest BCUT2D eigenvalue weighted by Gasteiger charge is 2.07. The van der Waals surface area contributed by atoms with Crippen LogP contribution in [0.25, 0.3) is 0 Å². The fourth-order valence-electron chi connectivity index (χ4n) is 1.27. The molecule has 15 heavy (non-hydrogen) atoms. The van der Waals surface area contributed by atoms with Crippen LogP contribution in [0.2, 0.25) is 0 Å². The van der Waals surface area contributed by atoms with Crippen molar-refractivity contribution in [3.63, 3.8) is 0 Å². The van der Waals surface area contributed by atoms with Crippen LogP contribution in [0.15, 0.2) is 24.3 Å². The molecule has 0 spiro atoms. The number of hydrogen-bond donors (Lipinski definition) is 1. The van der Waals surface area contributed by atoms with Crippen molar-refractivity contribution < 1.29 is 4.79 Å². The summed E-state index contributed by atoms with van der Waals surface area (Å²) in [5.41, 5.74) is 1.74. The summed E-state index contributed by atoms with van der Waals surface area (Å²) in [5.74, 6) is -0.0197. The Balaban J connectivity index is 2.85. The third-order valence-electron chi connectivity index (χ3n) is 2.04. The predicted molar refractivity (Wildman–Crippen MR) is 63.4 cm³/mol. The van der Waals surface area contributed by atoms with E-state index in [0.29, 0.717) is 5.56 Å². The lowest BCUT2D eigenvalue weighted by Crippen LogP contribution is -2.30. The molecular formula is C12H18N2O. The van der Waals surface area contributed by atoms with E-state index in [0.717, 1.165) is 5.69 Å². The van der Waals surface area contributed by atoms with Crippen molar-refractivity contribution in [2.45, 2.75) is 19.9 Å². The number of anilines is 1. The second-order valence-corrected chi connectivity index (χ2v) is 4.07. The van der Waals surface area contributed by atoms with Gasteiger partial charge in [-0.2, -0.15) is 0 Å². The van der Waals surface area contributed by atoms with E-state index in [1.165, 1.54) is 0 Å². The zero-order valence-corrected chi connectivity index (χ0v) is 9.74. The van der Waals surface area contributed by atoms with E-state index >= 15 is 0 Å². The molecule has 0 aliphatic heterocycles. The van der Waals surface area contributed by atoms with Gasteiger partial charge in [-0.1, -0.05) is 6.07 Å². The van der Waals surface area contributed by atoms with Crippen LogP contribution in [0, 0.1) is 0 Å². The summed E-state index contributed by atoms with van der Waals surface area (Å²) < 4.78 is 0. The van der Waals surface area contributed by atoms with Crippen molar-refractivity contribution in [3.05, 3.63) is 29.8 Å². The van der Waals surface area contributed by atoms with Crippen LogP contribution in [0.3, 0.4) is 0 Å². The van der Waals surface area contributed by atoms with E-state index < -0.39 is 0 Å². The van der Waals surface area contributed by atoms with E-state index in [1.54, 1.807) is 0 Å². The molecule has 0 heterocycles. The summed E-state index contributed by atoms with van der Waals surface area (Å²) in [4.78, 5) is 13.7. The molecule has 0 bridgehead atoms. The van der Waals surface area contributed by atoms with Gasteiger partial charge in [0.05, 0.1) is 0 Å². The van der Waals surface area contributed by atoms with Crippen LogP contribution >= 0.6 is 0 Å². The summed E-state index contributed by atoms with van der Waals surface area (Å²) in [6.07, 6.45) is 0. The maximum Gasteiger partial charge on any atom is 0.251 e. The van der Waals surface area contributed by atoms with Gasteiger partial charge >= 0.3 is 0 Å². The van der Waals surface area contributed by atoms with Crippen LogP contribution in [-0.2, 0) is 0 Å². The smallest absolute Gasteiger partial charge is 0.251 e. The van der Waals surface area contributed by atoms with Crippen molar-refractivity contribution in [2.75, 3.05) is 19.0 Å². The number of carbonyl (C=O) groups excluding carboxylic acids is 1. The number of amides is 1. The first-order valence-electron chi connectivity index (χ1n) is 5.09. The Morgan fingerprint density at radius 3 is 2.53 bits per heavy atom. The average Bonchev–Trinajstić information content (AvgIpc) is 2.17. The van der Waals surface area contributed by atoms with Crippen molar-refractivity contribution in [3.8, 4) is 0 Å². The first kappa shape index (κ1) is 11.6. The van der Waals surface area contributed by atoms with E-state index in [1.807, 2.05) is 57.1 Å². The Kier molecular flexibility index (Phi) is 3.72. The normalized spacial score (nSPS) is 10.2. The van der Waals surface area contributed by atoms with Gasteiger partial charge < -0.3 is 10.2 Å². The molecule has 1 rings (SSSR count). The molecule has 82 valence electrons. The lowest BCUT2D eigenvalue weighted by atomic mass is 10.1. The second kappa shape index (κ2) is 4.82. The zero-order chi connectivity index (χ0) is 11.4. The Hall–Kier alpha value is -1.51. The Morgan fingerprint density at radius 2 is 2.00 bits per heavy atom. The van der Waals surface area contributed by atoms with Gasteiger partial charge in [-0.25, -0.2) is 0 Å². The van der Waals surface area contributed by atoms with Gasteiger partial charge in [0.25, 0.3) is 5.91 Å². The number of benzene rings is 1. The number of hydrogen-bond acceptors (Lipinski definition) is 2. The summed E-state index contributed by atoms with van der Waals surface area (Å²) in [5, 5.41) is 2.87. The zero-order valence-electron chi connectivity index (χ0n) is 9.74. The summed E-state index contributed by atoms with van der Waals surface area (Å²) >= 11 is 0. The fourth-order valence-corrected chi connectivity index (χ4v) is 1.27. The summed E-state index contributed by atoms with van der Waals surface area (Å²) in [6.45, 7) is 3.90. The van der Waals surface area contributed by atoms with E-state index in [2.05, 4.69) is 5.32 Å². The molecule has 0 aliphatic rings. The maximum atomic E-state index is 11.7. The molecule has 3 nitrogen and oxygen atoms in total. The van der Waals surface area contributed by atoms with Crippen molar-refractivity contribution >= 4 is 11.6 Å². The fraction of sp³-hybridized carbons (Fsp3) is 0.417. The predicted octanol–water partition coefficient (Wildman–Crippen LogP) is 1.89. The lowest BCUT2D eigenvalue weighted by molar-refractivity contribution is 0.0943. The quantitative estimate of drug-likeness (QED) is 0.819. The molecule has 0 aliphatic carbocycles. The minimum absolute atomic E-state index is 0.0197. The Morgan fingerprint density at radius 1 is 1.33 bits per heavy atom. The molecular weight excluding hydrogens is 188 g/mol. The summed E-state index contributed by atoms with van der Waals surface area (Å²) in [7, 11) is 3.92. The van der Waals surface area contributed by atoms with Crippen molar-refractivity contribution in [1.82, 2.24) is 5.32 Å². The third-order valence-corrected chi connectivity index (χ3v) is 2.04. The van der Waals surface area contributed by atoms with Crippen LogP contribution < -0.4 is 10.2 Å². The van der Waals surface area contributed by atoms with Gasteiger partial charge in [0.2, 0.25) is 0 Å². The molecule has 3 heteroatoms. The molecule has 0 saturated heterocycles. The number of rotatable bonds is 3. The van der Waals surface area contributed by atoms with E-state index in [-0.39, 0.29) is 11.9 Å². The molecule has 0 saturated carbocycles. The average molecular weight is 206 g/mol. The molecule has 1 aromatic carbocycles. The molecule has 0 unspecified atom stereocenters. The Bertz CT molecular complexity index is 345. The second-order valence-electron chi connectivity index (χ2n) is 4.07. The van der Waals surface area contributed by atoms with Gasteiger partial charge in [0, 0.05) is 31.4 Å². The molecule has 1 amide bonds. The SMILES string of the molecule is CC(C)NC(=O)c1cccc(N(C)C)c1. The minimum Gasteiger partial charge on any atom is -0.378 e. The van der Waals surface area contributed by atoms with E-state index in [9.17, 15) is 4.79 Å². The number of nitrogens with one attached hydrogen (secondary N) is 1. The largest absolute Gasteiger partial charge is 0.378 e. The molecule has 0 radical (unpaired) electrons. The van der Waals surface area contributed by atoms with Crippen LogP contribution in [-0.4, -0.2) is 26.0 Å². The first-order valence-corrected chi connectivity index (χ1v) is 5.09. The topological polar surface area (TPSA) is 32.3 Å². The third kappa shape index (κ3) is 3.27. The van der Waals surface area contributed by atoms with Gasteiger partial charge in [-0.3, -0.25) is 4.79 Å². The minimum atomic E-state index is -0.0197. The first-order chi connectivity index (χ1) is 7.00. The van der Waals surface area contributed by atoms with Gasteiger partial charge in [0.1, 0.15) is 0 Å². The van der Waals surface area contributed by atoms with Gasteiger partial charge in [0.15, 0.2) is 0 Å². The van der Waals surface area contributed by atoms with E-state index in [4.69, 9.17) is 0 Å². The molecule has 0 atom stereocenters. The van der Waals surface area contributed by atoms with Crippen LogP contribution in [0.1, 0.15) is 24.2 Å². The van der Waals surface area contributed by atoms with Gasteiger partial charge in [-0.15, -0.1) is 0 Å². The Labute approximate surface area is 91.1 Å². The molecule has 0 fully saturated rings. The molecule has 1 N–H and O–H groups in total. The lowest BCUT2D eigenvalue weighted by Gasteiger charge is -2.14. The van der Waals surface area contributed by atoms with Gasteiger partial charge in [-0.05, 0) is 32.0 Å². The van der Waals surface area contributed by atoms with Crippen molar-refractivity contribution in [2.24, 2.45) is 0 Å². The number of carbonyl (C=O) groups is 1. The standard InChI is InChI=1S/C12H18N2O/c1-9(2)13-12(15)10-6-5-7-11(8-10)14(3)4/h5-9H,1-4H3,(H,13,15). The highest BCUT2D eigenvalue weighted by atomic mass is 16.1. The highest BCUT2D eigenvalue weighted by Crippen LogP contribution is 2.13. The van der Waals surface area contributed by atoms with Crippen LogP contribution in [0.4, 0.5) is 5.69 Å². The molecule has 0 aromatic heterocycles. The summed E-state index contributed by atoms with van der Waals surface area (Å²) in [6, 6.07) is 7.75. The highest BCUT2D eigenvalue weighted by molar-refractivity contribution is 5.95. The van der Waals surface area contributed by atoms with Crippen LogP contribution in [0.5, 0.6) is 0 Å².